The Morgan fingerprint density at radius 1 is 0.571 bits per heavy atom. The molecule has 2 aromatic heterocycles. The maximum atomic E-state index is 5.98. The third-order valence-corrected chi connectivity index (χ3v) is 3.47. The molecule has 0 N–H and O–H groups in total. The van der Waals surface area contributed by atoms with E-state index < -0.39 is 0 Å². The van der Waals surface area contributed by atoms with E-state index in [1.54, 1.807) is 12.4 Å². The van der Waals surface area contributed by atoms with E-state index in [0.29, 0.717) is 11.8 Å². The molecular formula is C18H12N2O. The number of ether oxygens (including phenoxy) is 1. The Morgan fingerprint density at radius 2 is 1.05 bits per heavy atom. The van der Waals surface area contributed by atoms with Crippen molar-refractivity contribution in [3.63, 3.8) is 0 Å². The van der Waals surface area contributed by atoms with Gasteiger partial charge >= 0.3 is 0 Å². The van der Waals surface area contributed by atoms with Crippen molar-refractivity contribution >= 4 is 21.5 Å². The Kier molecular flexibility index (Phi) is 2.75. The minimum atomic E-state index is 0.581. The van der Waals surface area contributed by atoms with Crippen molar-refractivity contribution in [3.8, 4) is 11.8 Å². The molecule has 4 rings (SSSR count). The van der Waals surface area contributed by atoms with E-state index in [2.05, 4.69) is 9.97 Å². The van der Waals surface area contributed by atoms with Crippen LogP contribution in [0.3, 0.4) is 0 Å². The summed E-state index contributed by atoms with van der Waals surface area (Å²) >= 11 is 0. The van der Waals surface area contributed by atoms with Crippen LogP contribution in [-0.2, 0) is 0 Å². The zero-order valence-electron chi connectivity index (χ0n) is 11.2. The van der Waals surface area contributed by atoms with Crippen molar-refractivity contribution in [1.82, 2.24) is 9.97 Å². The maximum Gasteiger partial charge on any atom is 0.229 e. The third kappa shape index (κ3) is 2.09. The van der Waals surface area contributed by atoms with Crippen molar-refractivity contribution in [1.29, 1.82) is 0 Å². The highest BCUT2D eigenvalue weighted by Crippen LogP contribution is 2.30. The Morgan fingerprint density at radius 3 is 1.57 bits per heavy atom. The zero-order valence-corrected chi connectivity index (χ0v) is 11.2. The first-order valence-electron chi connectivity index (χ1n) is 6.77. The molecule has 0 aliphatic heterocycles. The Labute approximate surface area is 121 Å². The van der Waals surface area contributed by atoms with Crippen molar-refractivity contribution < 1.29 is 4.74 Å². The molecule has 2 heterocycles. The summed E-state index contributed by atoms with van der Waals surface area (Å²) in [6, 6.07) is 20.0. The predicted molar refractivity (Wildman–Crippen MR) is 83.6 cm³/mol. The Hall–Kier alpha value is -2.94. The highest BCUT2D eigenvalue weighted by Gasteiger charge is 2.08. The van der Waals surface area contributed by atoms with E-state index in [-0.39, 0.29) is 0 Å². The van der Waals surface area contributed by atoms with Crippen molar-refractivity contribution in [2.75, 3.05) is 0 Å². The fraction of sp³-hybridized carbons (Fsp3) is 0. The summed E-state index contributed by atoms with van der Waals surface area (Å²) in [5.41, 5.74) is 0. The lowest BCUT2D eigenvalue weighted by molar-refractivity contribution is 0.456. The number of fused-ring (bicyclic) bond motifs is 2. The molecule has 21 heavy (non-hydrogen) atoms. The molecule has 0 unspecified atom stereocenters. The van der Waals surface area contributed by atoms with E-state index in [0.717, 1.165) is 21.5 Å². The number of benzene rings is 2. The SMILES string of the molecule is c1ccc2c(Oc3nccc4ccccc34)nccc2c1. The van der Waals surface area contributed by atoms with Gasteiger partial charge in [-0.25, -0.2) is 9.97 Å². The van der Waals surface area contributed by atoms with Crippen molar-refractivity contribution in [3.05, 3.63) is 73.1 Å². The van der Waals surface area contributed by atoms with Crippen LogP contribution in [0.2, 0.25) is 0 Å². The minimum Gasteiger partial charge on any atom is -0.419 e. The fourth-order valence-corrected chi connectivity index (χ4v) is 2.44. The number of aromatic nitrogens is 2. The molecule has 0 aliphatic carbocycles. The van der Waals surface area contributed by atoms with Gasteiger partial charge in [0, 0.05) is 23.2 Å². The largest absolute Gasteiger partial charge is 0.419 e. The number of hydrogen-bond acceptors (Lipinski definition) is 3. The second-order valence-electron chi connectivity index (χ2n) is 4.78. The molecule has 3 nitrogen and oxygen atoms in total. The number of nitrogens with zero attached hydrogens (tertiary/aromatic N) is 2. The van der Waals surface area contributed by atoms with Gasteiger partial charge in [-0.1, -0.05) is 36.4 Å². The van der Waals surface area contributed by atoms with Gasteiger partial charge in [0.2, 0.25) is 11.8 Å². The van der Waals surface area contributed by atoms with E-state index in [1.165, 1.54) is 0 Å². The summed E-state index contributed by atoms with van der Waals surface area (Å²) in [4.78, 5) is 8.69. The van der Waals surface area contributed by atoms with Crippen LogP contribution in [0.25, 0.3) is 21.5 Å². The number of rotatable bonds is 2. The average molecular weight is 272 g/mol. The molecule has 2 aromatic carbocycles. The molecule has 0 saturated heterocycles. The zero-order chi connectivity index (χ0) is 14.1. The van der Waals surface area contributed by atoms with Crippen LogP contribution in [0.5, 0.6) is 11.8 Å². The van der Waals surface area contributed by atoms with Gasteiger partial charge in [0.05, 0.1) is 0 Å². The molecule has 0 spiro atoms. The standard InChI is InChI=1S/C18H12N2O/c1-3-7-15-13(5-1)9-11-19-17(15)21-18-16-8-4-2-6-14(16)10-12-20-18/h1-12H. The van der Waals surface area contributed by atoms with Gasteiger partial charge in [-0.3, -0.25) is 0 Å². The van der Waals surface area contributed by atoms with Crippen LogP contribution in [0.15, 0.2) is 73.1 Å². The number of hydrogen-bond donors (Lipinski definition) is 0. The predicted octanol–water partition coefficient (Wildman–Crippen LogP) is 4.58. The van der Waals surface area contributed by atoms with Gasteiger partial charge in [0.1, 0.15) is 0 Å². The Balaban J connectivity index is 1.87. The first kappa shape index (κ1) is 11.9. The molecule has 0 aliphatic rings. The third-order valence-electron chi connectivity index (χ3n) is 3.47. The smallest absolute Gasteiger partial charge is 0.229 e. The lowest BCUT2D eigenvalue weighted by Gasteiger charge is -2.09. The monoisotopic (exact) mass is 272 g/mol. The van der Waals surface area contributed by atoms with Gasteiger partial charge in [0.15, 0.2) is 0 Å². The molecule has 0 fully saturated rings. The molecule has 0 amide bonds. The molecular weight excluding hydrogens is 260 g/mol. The molecule has 0 bridgehead atoms. The number of pyridine rings is 2. The lowest BCUT2D eigenvalue weighted by atomic mass is 10.1. The van der Waals surface area contributed by atoms with Gasteiger partial charge in [-0.15, -0.1) is 0 Å². The minimum absolute atomic E-state index is 0.581. The molecule has 0 atom stereocenters. The van der Waals surface area contributed by atoms with E-state index in [9.17, 15) is 0 Å². The van der Waals surface area contributed by atoms with E-state index in [1.807, 2.05) is 60.7 Å². The van der Waals surface area contributed by atoms with Crippen LogP contribution < -0.4 is 4.74 Å². The van der Waals surface area contributed by atoms with E-state index >= 15 is 0 Å². The summed E-state index contributed by atoms with van der Waals surface area (Å²) in [6.45, 7) is 0. The summed E-state index contributed by atoms with van der Waals surface area (Å²) in [5.74, 6) is 1.16. The maximum absolute atomic E-state index is 5.98. The fourth-order valence-electron chi connectivity index (χ4n) is 2.44. The molecule has 3 heteroatoms. The molecule has 4 aromatic rings. The Bertz CT molecular complexity index is 846. The van der Waals surface area contributed by atoms with Gasteiger partial charge in [0.25, 0.3) is 0 Å². The highest BCUT2D eigenvalue weighted by atomic mass is 16.5. The summed E-state index contributed by atoms with van der Waals surface area (Å²) in [7, 11) is 0. The molecule has 100 valence electrons. The second kappa shape index (κ2) is 4.87. The normalized spacial score (nSPS) is 10.9. The average Bonchev–Trinajstić information content (AvgIpc) is 2.56. The van der Waals surface area contributed by atoms with Crippen molar-refractivity contribution in [2.24, 2.45) is 0 Å². The van der Waals surface area contributed by atoms with Crippen LogP contribution >= 0.6 is 0 Å². The van der Waals surface area contributed by atoms with Crippen LogP contribution in [-0.4, -0.2) is 9.97 Å². The van der Waals surface area contributed by atoms with Crippen LogP contribution in [0, 0.1) is 0 Å². The topological polar surface area (TPSA) is 35.0 Å². The van der Waals surface area contributed by atoms with Crippen LogP contribution in [0.4, 0.5) is 0 Å². The first-order valence-corrected chi connectivity index (χ1v) is 6.77. The second-order valence-corrected chi connectivity index (χ2v) is 4.78. The van der Waals surface area contributed by atoms with Crippen LogP contribution in [0.1, 0.15) is 0 Å². The first-order chi connectivity index (χ1) is 10.4. The highest BCUT2D eigenvalue weighted by molar-refractivity contribution is 5.89. The van der Waals surface area contributed by atoms with Gasteiger partial charge in [-0.2, -0.15) is 0 Å². The van der Waals surface area contributed by atoms with E-state index in [4.69, 9.17) is 4.74 Å². The molecule has 0 saturated carbocycles. The van der Waals surface area contributed by atoms with Crippen molar-refractivity contribution in [2.45, 2.75) is 0 Å². The van der Waals surface area contributed by atoms with Gasteiger partial charge < -0.3 is 4.74 Å². The quantitative estimate of drug-likeness (QED) is 0.536. The lowest BCUT2D eigenvalue weighted by Crippen LogP contribution is -1.92. The summed E-state index contributed by atoms with van der Waals surface area (Å²) in [5, 5.41) is 4.16. The molecule has 0 radical (unpaired) electrons. The summed E-state index contributed by atoms with van der Waals surface area (Å²) in [6.07, 6.45) is 3.51. The van der Waals surface area contributed by atoms with Gasteiger partial charge in [-0.05, 0) is 35.0 Å². The summed E-state index contributed by atoms with van der Waals surface area (Å²) < 4.78 is 5.98.